The quantitative estimate of drug-likeness (QED) is 0.0243. The number of carbonyl (C=O) groups is 2. The lowest BCUT2D eigenvalue weighted by Gasteiger charge is -2.19. The third-order valence-corrected chi connectivity index (χ3v) is 14.9. The molecule has 0 aliphatic heterocycles. The number of azo groups is 2. The maximum Gasteiger partial charge on any atom is 0.343 e. The van der Waals surface area contributed by atoms with E-state index in [0.29, 0.717) is 45.1 Å². The van der Waals surface area contributed by atoms with Crippen LogP contribution in [0.5, 0.6) is 23.0 Å². The van der Waals surface area contributed by atoms with E-state index in [4.69, 9.17) is 18.9 Å². The average molecular weight is 1110 g/mol. The Balaban J connectivity index is 0.804. The second kappa shape index (κ2) is 28.4. The molecule has 10 nitrogen and oxygen atoms in total. The van der Waals surface area contributed by atoms with E-state index in [1.807, 2.05) is 182 Å². The van der Waals surface area contributed by atoms with Gasteiger partial charge < -0.3 is 18.9 Å². The summed E-state index contributed by atoms with van der Waals surface area (Å²) in [5.74, 6) is 1.24. The van der Waals surface area contributed by atoms with Crippen molar-refractivity contribution < 1.29 is 28.5 Å². The monoisotopic (exact) mass is 1110 g/mol. The molecule has 10 rings (SSSR count). The van der Waals surface area contributed by atoms with Crippen LogP contribution in [-0.4, -0.2) is 24.1 Å². The highest BCUT2D eigenvalue weighted by molar-refractivity contribution is 6.11. The van der Waals surface area contributed by atoms with Gasteiger partial charge in [-0.3, -0.25) is 0 Å². The van der Waals surface area contributed by atoms with E-state index in [9.17, 15) is 9.59 Å². The van der Waals surface area contributed by atoms with Gasteiger partial charge in [-0.25, -0.2) is 9.59 Å². The van der Waals surface area contributed by atoms with Gasteiger partial charge >= 0.3 is 11.9 Å². The first kappa shape index (κ1) is 57.7. The van der Waals surface area contributed by atoms with Gasteiger partial charge in [0.25, 0.3) is 0 Å². The standard InChI is InChI=1S/C74H70N4O6/c1-5-7-9-11-17-51(3)81-65-45-41-63(42-46-65)77-75-61-37-31-55(32-38-61)53-23-27-59(28-24-53)73(79)83-69-49-35-57-19-13-15-21-67(57)71(69)72-68-22-16-14-20-58(68)36-50-70(72)84-74(80)60-29-25-54(26-30-60)56-33-39-62(40-34-56)76-78-64-43-47-66(48-44-64)82-52(4)18-12-10-8-6-2/h13-16,19-52H,5-12,17-18H2,1-4H3/t51-,52-/m0/s1. The molecule has 0 aromatic heterocycles. The molecule has 0 amide bonds. The normalized spacial score (nSPS) is 12.2. The van der Waals surface area contributed by atoms with Crippen molar-refractivity contribution in [3.63, 3.8) is 0 Å². The maximum atomic E-state index is 14.2. The molecule has 10 heteroatoms. The minimum Gasteiger partial charge on any atom is -0.491 e. The van der Waals surface area contributed by atoms with E-state index in [0.717, 1.165) is 79.5 Å². The zero-order valence-electron chi connectivity index (χ0n) is 48.2. The topological polar surface area (TPSA) is 121 Å². The highest BCUT2D eigenvalue weighted by Gasteiger charge is 2.23. The maximum absolute atomic E-state index is 14.2. The van der Waals surface area contributed by atoms with Gasteiger partial charge in [-0.2, -0.15) is 20.5 Å². The summed E-state index contributed by atoms with van der Waals surface area (Å²) in [6.07, 6.45) is 12.2. The molecular weight excluding hydrogens is 1040 g/mol. The Hall–Kier alpha value is -9.54. The van der Waals surface area contributed by atoms with Crippen LogP contribution < -0.4 is 18.9 Å². The summed E-state index contributed by atoms with van der Waals surface area (Å²) in [5, 5.41) is 21.3. The van der Waals surface area contributed by atoms with Gasteiger partial charge in [0, 0.05) is 11.1 Å². The number of ether oxygens (including phenoxy) is 4. The summed E-state index contributed by atoms with van der Waals surface area (Å²) >= 11 is 0. The zero-order valence-corrected chi connectivity index (χ0v) is 48.2. The molecule has 0 aliphatic rings. The summed E-state index contributed by atoms with van der Waals surface area (Å²) in [6.45, 7) is 8.68. The van der Waals surface area contributed by atoms with E-state index in [-0.39, 0.29) is 12.2 Å². The Bertz CT molecular complexity index is 3600. The van der Waals surface area contributed by atoms with Crippen molar-refractivity contribution in [2.75, 3.05) is 0 Å². The lowest BCUT2D eigenvalue weighted by atomic mass is 9.92. The number of esters is 2. The fraction of sp³-hybridized carbons (Fsp3) is 0.216. The molecule has 0 saturated heterocycles. The van der Waals surface area contributed by atoms with Crippen LogP contribution in [0.1, 0.15) is 113 Å². The largest absolute Gasteiger partial charge is 0.491 e. The first-order valence-electron chi connectivity index (χ1n) is 29.4. The third kappa shape index (κ3) is 15.1. The Kier molecular flexibility index (Phi) is 19.5. The highest BCUT2D eigenvalue weighted by atomic mass is 16.5. The molecule has 0 saturated carbocycles. The van der Waals surface area contributed by atoms with Gasteiger partial charge in [-0.15, -0.1) is 0 Å². The summed E-state index contributed by atoms with van der Waals surface area (Å²) < 4.78 is 24.9. The predicted octanol–water partition coefficient (Wildman–Crippen LogP) is 21.7. The van der Waals surface area contributed by atoms with Crippen LogP contribution in [0.2, 0.25) is 0 Å². The molecule has 0 unspecified atom stereocenters. The van der Waals surface area contributed by atoms with Crippen LogP contribution in [0.15, 0.2) is 239 Å². The van der Waals surface area contributed by atoms with Crippen molar-refractivity contribution in [2.24, 2.45) is 20.5 Å². The Morgan fingerprint density at radius 1 is 0.357 bits per heavy atom. The molecule has 84 heavy (non-hydrogen) atoms. The number of rotatable bonds is 25. The smallest absolute Gasteiger partial charge is 0.343 e. The van der Waals surface area contributed by atoms with Crippen LogP contribution in [0.25, 0.3) is 54.9 Å². The summed E-state index contributed by atoms with van der Waals surface area (Å²) in [7, 11) is 0. The lowest BCUT2D eigenvalue weighted by molar-refractivity contribution is 0.0723. The van der Waals surface area contributed by atoms with E-state index >= 15 is 0 Å². The predicted molar refractivity (Wildman–Crippen MR) is 339 cm³/mol. The molecule has 10 aromatic rings. The van der Waals surface area contributed by atoms with E-state index < -0.39 is 11.9 Å². The molecule has 0 spiro atoms. The van der Waals surface area contributed by atoms with Crippen molar-refractivity contribution in [3.05, 3.63) is 230 Å². The van der Waals surface area contributed by atoms with E-state index in [1.165, 1.54) is 51.4 Å². The van der Waals surface area contributed by atoms with Crippen LogP contribution in [0, 0.1) is 0 Å². The van der Waals surface area contributed by atoms with Crippen molar-refractivity contribution >= 4 is 56.2 Å². The Morgan fingerprint density at radius 2 is 0.679 bits per heavy atom. The molecule has 0 aliphatic carbocycles. The first-order chi connectivity index (χ1) is 41.2. The van der Waals surface area contributed by atoms with E-state index in [2.05, 4.69) is 48.2 Å². The second-order valence-electron chi connectivity index (χ2n) is 21.3. The number of carbonyl (C=O) groups excluding carboxylic acids is 2. The molecule has 0 N–H and O–H groups in total. The highest BCUT2D eigenvalue weighted by Crippen LogP contribution is 2.46. The second-order valence-corrected chi connectivity index (χ2v) is 21.3. The van der Waals surface area contributed by atoms with Crippen molar-refractivity contribution in [2.45, 2.75) is 104 Å². The fourth-order valence-electron chi connectivity index (χ4n) is 10.3. The van der Waals surface area contributed by atoms with Crippen molar-refractivity contribution in [1.82, 2.24) is 0 Å². The van der Waals surface area contributed by atoms with Crippen molar-refractivity contribution in [1.29, 1.82) is 0 Å². The minimum absolute atomic E-state index is 0.163. The number of fused-ring (bicyclic) bond motifs is 2. The molecule has 0 bridgehead atoms. The number of benzene rings is 10. The van der Waals surface area contributed by atoms with Gasteiger partial charge in [-0.1, -0.05) is 162 Å². The third-order valence-electron chi connectivity index (χ3n) is 14.9. The first-order valence-corrected chi connectivity index (χ1v) is 29.4. The van der Waals surface area contributed by atoms with Gasteiger partial charge in [-0.05, 0) is 193 Å². The van der Waals surface area contributed by atoms with Gasteiger partial charge in [0.15, 0.2) is 0 Å². The number of hydrogen-bond acceptors (Lipinski definition) is 10. The SMILES string of the molecule is CCCCCC[C@H](C)Oc1ccc(N=Nc2ccc(-c3ccc(C(=O)Oc4ccc5ccccc5c4-c4c(OC(=O)c5ccc(-c6ccc(N=Nc7ccc(O[C@@H](C)CCCCCC)cc7)cc6)cc5)ccc5ccccc45)cc3)cc2)cc1. The van der Waals surface area contributed by atoms with Crippen molar-refractivity contribution in [3.8, 4) is 56.4 Å². The van der Waals surface area contributed by atoms with Crippen LogP contribution in [-0.2, 0) is 0 Å². The molecule has 0 radical (unpaired) electrons. The van der Waals surface area contributed by atoms with Gasteiger partial charge in [0.2, 0.25) is 0 Å². The van der Waals surface area contributed by atoms with E-state index in [1.54, 1.807) is 36.4 Å². The van der Waals surface area contributed by atoms with Gasteiger partial charge in [0.05, 0.1) is 46.1 Å². The molecule has 2 atom stereocenters. The number of unbranched alkanes of at least 4 members (excludes halogenated alkanes) is 6. The van der Waals surface area contributed by atoms with Crippen LogP contribution in [0.3, 0.4) is 0 Å². The fourth-order valence-corrected chi connectivity index (χ4v) is 10.3. The zero-order chi connectivity index (χ0) is 58.0. The van der Waals surface area contributed by atoms with Crippen LogP contribution in [0.4, 0.5) is 22.7 Å². The number of hydrogen-bond donors (Lipinski definition) is 0. The molecule has 422 valence electrons. The summed E-state index contributed by atoms with van der Waals surface area (Å²) in [5.41, 5.74) is 8.64. The van der Waals surface area contributed by atoms with Gasteiger partial charge in [0.1, 0.15) is 23.0 Å². The molecule has 10 aromatic carbocycles. The lowest BCUT2D eigenvalue weighted by Crippen LogP contribution is -2.11. The average Bonchev–Trinajstić information content (AvgIpc) is 1.54. The van der Waals surface area contributed by atoms with Crippen LogP contribution >= 0.6 is 0 Å². The Labute approximate surface area is 492 Å². The minimum atomic E-state index is -0.534. The summed E-state index contributed by atoms with van der Waals surface area (Å²) in [6, 6.07) is 68.9. The molecule has 0 heterocycles. The molecular formula is C74H70N4O6. The summed E-state index contributed by atoms with van der Waals surface area (Å²) in [4.78, 5) is 28.4. The number of nitrogens with zero attached hydrogens (tertiary/aromatic N) is 4. The molecule has 0 fully saturated rings. The Morgan fingerprint density at radius 3 is 1.02 bits per heavy atom.